The maximum atomic E-state index is 13.3. The van der Waals surface area contributed by atoms with Gasteiger partial charge in [-0.3, -0.25) is 9.69 Å². The number of hydrogen-bond donors (Lipinski definition) is 1. The van der Waals surface area contributed by atoms with E-state index in [9.17, 15) is 19.1 Å². The summed E-state index contributed by atoms with van der Waals surface area (Å²) in [5.41, 5.74) is 0.623. The summed E-state index contributed by atoms with van der Waals surface area (Å²) in [5, 5.41) is 10.1. The van der Waals surface area contributed by atoms with Crippen LogP contribution < -0.4 is 0 Å². The normalized spacial score (nSPS) is 18.2. The van der Waals surface area contributed by atoms with E-state index >= 15 is 0 Å². The highest BCUT2D eigenvalue weighted by molar-refractivity contribution is 5.83. The first-order valence-corrected chi connectivity index (χ1v) is 7.72. The molecule has 2 rings (SSSR count). The lowest BCUT2D eigenvalue weighted by Gasteiger charge is -2.21. The molecule has 1 saturated heterocycles. The molecule has 1 N–H and O–H groups in total. The minimum absolute atomic E-state index is 0.0122. The second-order valence-corrected chi connectivity index (χ2v) is 5.63. The monoisotopic (exact) mass is 336 g/mol. The quantitative estimate of drug-likeness (QED) is 0.654. The van der Waals surface area contributed by atoms with Crippen LogP contribution in [-0.2, 0) is 16.1 Å². The smallest absolute Gasteiger partial charge is 0.410 e. The van der Waals surface area contributed by atoms with E-state index < -0.39 is 12.2 Å². The fraction of sp³-hybridized carbons (Fsp3) is 0.412. The Hall–Kier alpha value is -2.41. The molecule has 1 fully saturated rings. The van der Waals surface area contributed by atoms with Gasteiger partial charge in [-0.1, -0.05) is 18.2 Å². The SMILES string of the molecule is C=CCCOC(=O)N1CC(=O)N(Cc2cccc(F)c2)CC(O)C1. The number of aliphatic hydroxyl groups is 1. The van der Waals surface area contributed by atoms with Gasteiger partial charge in [0.15, 0.2) is 0 Å². The number of aliphatic hydroxyl groups excluding tert-OH is 1. The number of amides is 2. The van der Waals surface area contributed by atoms with Gasteiger partial charge in [0, 0.05) is 13.1 Å². The van der Waals surface area contributed by atoms with Crippen molar-refractivity contribution >= 4 is 12.0 Å². The van der Waals surface area contributed by atoms with E-state index in [1.165, 1.54) is 21.9 Å². The van der Waals surface area contributed by atoms with Crippen molar-refractivity contribution < 1.29 is 23.8 Å². The summed E-state index contributed by atoms with van der Waals surface area (Å²) in [4.78, 5) is 26.9. The van der Waals surface area contributed by atoms with Gasteiger partial charge in [-0.2, -0.15) is 0 Å². The Balaban J connectivity index is 2.00. The summed E-state index contributed by atoms with van der Waals surface area (Å²) < 4.78 is 18.3. The molecule has 1 unspecified atom stereocenters. The van der Waals surface area contributed by atoms with Gasteiger partial charge in [0.2, 0.25) is 5.91 Å². The Bertz CT molecular complexity index is 608. The number of rotatable bonds is 5. The van der Waals surface area contributed by atoms with Gasteiger partial charge in [0.05, 0.1) is 19.3 Å². The lowest BCUT2D eigenvalue weighted by Crippen LogP contribution is -2.39. The highest BCUT2D eigenvalue weighted by atomic mass is 19.1. The first-order chi connectivity index (χ1) is 11.5. The van der Waals surface area contributed by atoms with Crippen molar-refractivity contribution in [1.82, 2.24) is 9.80 Å². The highest BCUT2D eigenvalue weighted by Gasteiger charge is 2.30. The second kappa shape index (κ2) is 8.44. The van der Waals surface area contributed by atoms with Crippen LogP contribution >= 0.6 is 0 Å². The van der Waals surface area contributed by atoms with E-state index in [1.54, 1.807) is 18.2 Å². The number of carbonyl (C=O) groups excluding carboxylic acids is 2. The molecule has 1 aromatic rings. The Labute approximate surface area is 140 Å². The highest BCUT2D eigenvalue weighted by Crippen LogP contribution is 2.12. The van der Waals surface area contributed by atoms with E-state index in [2.05, 4.69) is 6.58 Å². The molecule has 0 saturated carbocycles. The van der Waals surface area contributed by atoms with Crippen LogP contribution in [0.15, 0.2) is 36.9 Å². The van der Waals surface area contributed by atoms with E-state index in [0.29, 0.717) is 12.0 Å². The van der Waals surface area contributed by atoms with Crippen LogP contribution in [0.4, 0.5) is 9.18 Å². The van der Waals surface area contributed by atoms with Crippen molar-refractivity contribution in [2.75, 3.05) is 26.2 Å². The van der Waals surface area contributed by atoms with Crippen LogP contribution in [0.3, 0.4) is 0 Å². The lowest BCUT2D eigenvalue weighted by atomic mass is 10.2. The summed E-state index contributed by atoms with van der Waals surface area (Å²) >= 11 is 0. The predicted octanol–water partition coefficient (Wildman–Crippen LogP) is 1.54. The zero-order chi connectivity index (χ0) is 17.5. The third-order valence-corrected chi connectivity index (χ3v) is 3.61. The van der Waals surface area contributed by atoms with E-state index in [1.807, 2.05) is 0 Å². The van der Waals surface area contributed by atoms with Gasteiger partial charge in [0.25, 0.3) is 0 Å². The zero-order valence-corrected chi connectivity index (χ0v) is 13.4. The molecular weight excluding hydrogens is 315 g/mol. The van der Waals surface area contributed by atoms with Crippen LogP contribution in [0.1, 0.15) is 12.0 Å². The maximum Gasteiger partial charge on any atom is 0.410 e. The van der Waals surface area contributed by atoms with Crippen molar-refractivity contribution in [2.45, 2.75) is 19.1 Å². The fourth-order valence-electron chi connectivity index (χ4n) is 2.46. The number of β-amino-alcohol motifs (C(OH)–C–C–N with tert-alkyl or cyclic N) is 1. The standard InChI is InChI=1S/C17H21FN2O4/c1-2-3-7-24-17(23)20-11-15(21)10-19(16(22)12-20)9-13-5-4-6-14(18)8-13/h2,4-6,8,15,21H,1,3,7,9-12H2. The van der Waals surface area contributed by atoms with Crippen LogP contribution in [-0.4, -0.2) is 59.3 Å². The Morgan fingerprint density at radius 1 is 1.46 bits per heavy atom. The van der Waals surface area contributed by atoms with Gasteiger partial charge >= 0.3 is 6.09 Å². The average molecular weight is 336 g/mol. The molecule has 24 heavy (non-hydrogen) atoms. The number of hydrogen-bond acceptors (Lipinski definition) is 4. The number of nitrogens with zero attached hydrogens (tertiary/aromatic N) is 2. The van der Waals surface area contributed by atoms with Crippen LogP contribution in [0, 0.1) is 5.82 Å². The molecule has 1 aliphatic heterocycles. The van der Waals surface area contributed by atoms with Crippen LogP contribution in [0.2, 0.25) is 0 Å². The van der Waals surface area contributed by atoms with Gasteiger partial charge in [-0.25, -0.2) is 9.18 Å². The summed E-state index contributed by atoms with van der Waals surface area (Å²) in [7, 11) is 0. The van der Waals surface area contributed by atoms with Crippen molar-refractivity contribution in [3.63, 3.8) is 0 Å². The largest absolute Gasteiger partial charge is 0.449 e. The van der Waals surface area contributed by atoms with Gasteiger partial charge in [-0.05, 0) is 24.1 Å². The third-order valence-electron chi connectivity index (χ3n) is 3.61. The summed E-state index contributed by atoms with van der Waals surface area (Å²) in [6, 6.07) is 5.93. The van der Waals surface area contributed by atoms with Gasteiger partial charge in [0.1, 0.15) is 12.4 Å². The van der Waals surface area contributed by atoms with E-state index in [0.717, 1.165) is 0 Å². The number of ether oxygens (including phenoxy) is 1. The lowest BCUT2D eigenvalue weighted by molar-refractivity contribution is -0.132. The molecule has 7 heteroatoms. The molecule has 1 aromatic carbocycles. The number of halogens is 1. The Kier molecular flexibility index (Phi) is 6.31. The molecule has 2 amide bonds. The molecule has 0 radical (unpaired) electrons. The van der Waals surface area contributed by atoms with Crippen LogP contribution in [0.25, 0.3) is 0 Å². The fourth-order valence-corrected chi connectivity index (χ4v) is 2.46. The molecular formula is C17H21FN2O4. The molecule has 0 spiro atoms. The minimum Gasteiger partial charge on any atom is -0.449 e. The number of carbonyl (C=O) groups is 2. The predicted molar refractivity (Wildman–Crippen MR) is 85.6 cm³/mol. The first kappa shape index (κ1) is 17.9. The van der Waals surface area contributed by atoms with Crippen molar-refractivity contribution in [2.24, 2.45) is 0 Å². The van der Waals surface area contributed by atoms with Crippen molar-refractivity contribution in [3.05, 3.63) is 48.3 Å². The molecule has 1 aliphatic rings. The average Bonchev–Trinajstić information content (AvgIpc) is 2.66. The molecule has 1 atom stereocenters. The molecule has 6 nitrogen and oxygen atoms in total. The Morgan fingerprint density at radius 2 is 2.25 bits per heavy atom. The molecule has 130 valence electrons. The van der Waals surface area contributed by atoms with E-state index in [-0.39, 0.29) is 44.5 Å². The van der Waals surface area contributed by atoms with Gasteiger partial charge in [-0.15, -0.1) is 6.58 Å². The molecule has 0 aliphatic carbocycles. The zero-order valence-electron chi connectivity index (χ0n) is 13.4. The summed E-state index contributed by atoms with van der Waals surface area (Å²) in [6.07, 6.45) is 0.604. The van der Waals surface area contributed by atoms with Crippen molar-refractivity contribution in [3.8, 4) is 0 Å². The minimum atomic E-state index is -0.892. The van der Waals surface area contributed by atoms with E-state index in [4.69, 9.17) is 4.74 Å². The number of benzene rings is 1. The Morgan fingerprint density at radius 3 is 2.96 bits per heavy atom. The second-order valence-electron chi connectivity index (χ2n) is 5.63. The molecule has 0 bridgehead atoms. The molecule has 1 heterocycles. The summed E-state index contributed by atoms with van der Waals surface area (Å²) in [6.45, 7) is 3.79. The van der Waals surface area contributed by atoms with Crippen LogP contribution in [0.5, 0.6) is 0 Å². The van der Waals surface area contributed by atoms with Crippen molar-refractivity contribution in [1.29, 1.82) is 0 Å². The topological polar surface area (TPSA) is 70.1 Å². The first-order valence-electron chi connectivity index (χ1n) is 7.72. The van der Waals surface area contributed by atoms with Gasteiger partial charge < -0.3 is 14.7 Å². The summed E-state index contributed by atoms with van der Waals surface area (Å²) in [5.74, 6) is -0.709. The maximum absolute atomic E-state index is 13.3. The molecule has 0 aromatic heterocycles. The third kappa shape index (κ3) is 5.06.